The Hall–Kier alpha value is -1.23. The Morgan fingerprint density at radius 3 is 2.63 bits per heavy atom. The van der Waals surface area contributed by atoms with Crippen LogP contribution in [0.15, 0.2) is 12.4 Å². The summed E-state index contributed by atoms with van der Waals surface area (Å²) < 4.78 is 14.2. The third-order valence-corrected chi connectivity index (χ3v) is 3.95. The maximum absolute atomic E-state index is 14.2. The molecule has 1 aromatic rings. The van der Waals surface area contributed by atoms with Gasteiger partial charge in [0.15, 0.2) is 0 Å². The van der Waals surface area contributed by atoms with Gasteiger partial charge in [0.2, 0.25) is 5.95 Å². The summed E-state index contributed by atoms with van der Waals surface area (Å²) in [5.41, 5.74) is 1.12. The standard InChI is InChI=1S/C14H21FN4/c1-2-10-7-16-14(17-8-10)19-6-5-13(12(15)9-19)18-11-3-4-11/h7-8,11-13,18H,2-6,9H2,1H3/t12-,13+/m0/s1. The van der Waals surface area contributed by atoms with Crippen LogP contribution in [-0.4, -0.2) is 41.3 Å². The van der Waals surface area contributed by atoms with Crippen molar-refractivity contribution in [1.29, 1.82) is 0 Å². The zero-order chi connectivity index (χ0) is 13.2. The van der Waals surface area contributed by atoms with Crippen molar-refractivity contribution >= 4 is 5.95 Å². The van der Waals surface area contributed by atoms with E-state index in [-0.39, 0.29) is 6.04 Å². The average molecular weight is 264 g/mol. The van der Waals surface area contributed by atoms with Gasteiger partial charge in [0.05, 0.1) is 6.54 Å². The SMILES string of the molecule is CCc1cnc(N2CC[C@@H](NC3CC3)[C@@H](F)C2)nc1. The van der Waals surface area contributed by atoms with Crippen LogP contribution >= 0.6 is 0 Å². The van der Waals surface area contributed by atoms with Crippen LogP contribution in [0.4, 0.5) is 10.3 Å². The molecule has 2 atom stereocenters. The summed E-state index contributed by atoms with van der Waals surface area (Å²) >= 11 is 0. The van der Waals surface area contributed by atoms with Gasteiger partial charge in [0.1, 0.15) is 6.17 Å². The van der Waals surface area contributed by atoms with E-state index in [0.29, 0.717) is 18.5 Å². The van der Waals surface area contributed by atoms with Crippen LogP contribution < -0.4 is 10.2 Å². The summed E-state index contributed by atoms with van der Waals surface area (Å²) in [7, 11) is 0. The van der Waals surface area contributed by atoms with Crippen LogP contribution in [0.5, 0.6) is 0 Å². The molecule has 0 amide bonds. The van der Waals surface area contributed by atoms with Gasteiger partial charge in [-0.05, 0) is 31.2 Å². The quantitative estimate of drug-likeness (QED) is 0.899. The molecule has 104 valence electrons. The highest BCUT2D eigenvalue weighted by molar-refractivity contribution is 5.31. The number of halogens is 1. The number of aromatic nitrogens is 2. The first-order valence-electron chi connectivity index (χ1n) is 7.22. The van der Waals surface area contributed by atoms with Crippen molar-refractivity contribution in [3.05, 3.63) is 18.0 Å². The van der Waals surface area contributed by atoms with Crippen LogP contribution in [0.25, 0.3) is 0 Å². The molecule has 0 unspecified atom stereocenters. The van der Waals surface area contributed by atoms with Crippen molar-refractivity contribution in [3.63, 3.8) is 0 Å². The summed E-state index contributed by atoms with van der Waals surface area (Å²) in [6.45, 7) is 3.30. The lowest BCUT2D eigenvalue weighted by Gasteiger charge is -2.35. The summed E-state index contributed by atoms with van der Waals surface area (Å²) in [5.74, 6) is 0.657. The Labute approximate surface area is 113 Å². The maximum Gasteiger partial charge on any atom is 0.225 e. The number of piperidine rings is 1. The van der Waals surface area contributed by atoms with Gasteiger partial charge in [-0.25, -0.2) is 14.4 Å². The molecule has 0 bridgehead atoms. The minimum atomic E-state index is -0.830. The lowest BCUT2D eigenvalue weighted by atomic mass is 10.0. The van der Waals surface area contributed by atoms with E-state index in [1.165, 1.54) is 12.8 Å². The molecule has 0 spiro atoms. The Balaban J connectivity index is 1.60. The van der Waals surface area contributed by atoms with Crippen LogP contribution in [0.3, 0.4) is 0 Å². The predicted octanol–water partition coefficient (Wildman–Crippen LogP) is 1.71. The number of rotatable bonds is 4. The smallest absolute Gasteiger partial charge is 0.225 e. The first-order valence-corrected chi connectivity index (χ1v) is 7.22. The third-order valence-electron chi connectivity index (χ3n) is 3.95. The Morgan fingerprint density at radius 1 is 1.32 bits per heavy atom. The van der Waals surface area contributed by atoms with E-state index in [0.717, 1.165) is 24.9 Å². The minimum absolute atomic E-state index is 0.0127. The van der Waals surface area contributed by atoms with Crippen LogP contribution in [-0.2, 0) is 6.42 Å². The number of hydrogen-bond donors (Lipinski definition) is 1. The van der Waals surface area contributed by atoms with Crippen LogP contribution in [0, 0.1) is 0 Å². The third kappa shape index (κ3) is 3.03. The number of hydrogen-bond acceptors (Lipinski definition) is 4. The molecule has 1 saturated carbocycles. The second-order valence-corrected chi connectivity index (χ2v) is 5.54. The summed E-state index contributed by atoms with van der Waals surface area (Å²) in [5, 5.41) is 3.39. The number of nitrogens with one attached hydrogen (secondary N) is 1. The molecule has 2 heterocycles. The summed E-state index contributed by atoms with van der Waals surface area (Å²) in [6.07, 6.45) is 7.01. The zero-order valence-corrected chi connectivity index (χ0v) is 11.3. The molecule has 19 heavy (non-hydrogen) atoms. The first kappa shape index (κ1) is 12.8. The molecule has 1 saturated heterocycles. The van der Waals surface area contributed by atoms with Crippen molar-refractivity contribution in [2.45, 2.75) is 50.9 Å². The number of anilines is 1. The Morgan fingerprint density at radius 2 is 2.05 bits per heavy atom. The lowest BCUT2D eigenvalue weighted by Crippen LogP contribution is -2.51. The Kier molecular flexibility index (Phi) is 3.64. The molecule has 1 N–H and O–H groups in total. The van der Waals surface area contributed by atoms with Crippen LogP contribution in [0.1, 0.15) is 31.7 Å². The highest BCUT2D eigenvalue weighted by atomic mass is 19.1. The zero-order valence-electron chi connectivity index (χ0n) is 11.3. The minimum Gasteiger partial charge on any atom is -0.338 e. The van der Waals surface area contributed by atoms with Crippen LogP contribution in [0.2, 0.25) is 0 Å². The number of alkyl halides is 1. The second kappa shape index (κ2) is 5.41. The molecule has 1 aromatic heterocycles. The molecule has 1 aliphatic carbocycles. The topological polar surface area (TPSA) is 41.1 Å². The molecule has 2 fully saturated rings. The van der Waals surface area contributed by atoms with E-state index in [2.05, 4.69) is 22.2 Å². The van der Waals surface area contributed by atoms with Gasteiger partial charge in [-0.15, -0.1) is 0 Å². The van der Waals surface area contributed by atoms with Gasteiger partial charge in [-0.2, -0.15) is 0 Å². The van der Waals surface area contributed by atoms with Gasteiger partial charge < -0.3 is 10.2 Å². The van der Waals surface area contributed by atoms with E-state index < -0.39 is 6.17 Å². The molecular formula is C14H21FN4. The summed E-state index contributed by atoms with van der Waals surface area (Å²) in [4.78, 5) is 10.6. The fraction of sp³-hybridized carbons (Fsp3) is 0.714. The fourth-order valence-electron chi connectivity index (χ4n) is 2.52. The normalized spacial score (nSPS) is 27.6. The monoisotopic (exact) mass is 264 g/mol. The molecule has 5 heteroatoms. The predicted molar refractivity (Wildman–Crippen MR) is 73.1 cm³/mol. The highest BCUT2D eigenvalue weighted by Gasteiger charge is 2.34. The largest absolute Gasteiger partial charge is 0.338 e. The van der Waals surface area contributed by atoms with E-state index in [9.17, 15) is 4.39 Å². The molecule has 1 aliphatic heterocycles. The van der Waals surface area contributed by atoms with Crippen molar-refractivity contribution in [2.24, 2.45) is 0 Å². The second-order valence-electron chi connectivity index (χ2n) is 5.54. The van der Waals surface area contributed by atoms with Gasteiger partial charge >= 0.3 is 0 Å². The van der Waals surface area contributed by atoms with Gasteiger partial charge in [-0.1, -0.05) is 6.92 Å². The van der Waals surface area contributed by atoms with E-state index >= 15 is 0 Å². The molecule has 4 nitrogen and oxygen atoms in total. The number of nitrogens with zero attached hydrogens (tertiary/aromatic N) is 3. The average Bonchev–Trinajstić information content (AvgIpc) is 3.25. The summed E-state index contributed by atoms with van der Waals surface area (Å²) in [6, 6.07) is 0.577. The maximum atomic E-state index is 14.2. The first-order chi connectivity index (χ1) is 9.26. The van der Waals surface area contributed by atoms with Crippen molar-refractivity contribution in [1.82, 2.24) is 15.3 Å². The van der Waals surface area contributed by atoms with E-state index in [1.807, 2.05) is 17.3 Å². The van der Waals surface area contributed by atoms with E-state index in [4.69, 9.17) is 0 Å². The lowest BCUT2D eigenvalue weighted by molar-refractivity contribution is 0.217. The van der Waals surface area contributed by atoms with Gasteiger partial charge in [-0.3, -0.25) is 0 Å². The number of aryl methyl sites for hydroxylation is 1. The van der Waals surface area contributed by atoms with Crippen molar-refractivity contribution in [3.8, 4) is 0 Å². The molecular weight excluding hydrogens is 243 g/mol. The van der Waals surface area contributed by atoms with Crippen molar-refractivity contribution < 1.29 is 4.39 Å². The van der Waals surface area contributed by atoms with Crippen molar-refractivity contribution in [2.75, 3.05) is 18.0 Å². The van der Waals surface area contributed by atoms with Gasteiger partial charge in [0.25, 0.3) is 0 Å². The molecule has 0 radical (unpaired) electrons. The Bertz CT molecular complexity index is 418. The molecule has 3 rings (SSSR count). The molecule has 2 aliphatic rings. The highest BCUT2D eigenvalue weighted by Crippen LogP contribution is 2.24. The van der Waals surface area contributed by atoms with E-state index in [1.54, 1.807) is 0 Å². The van der Waals surface area contributed by atoms with Gasteiger partial charge in [0, 0.05) is 31.0 Å². The fourth-order valence-corrected chi connectivity index (χ4v) is 2.52. The molecule has 0 aromatic carbocycles.